The van der Waals surface area contributed by atoms with Crippen molar-refractivity contribution in [2.75, 3.05) is 13.7 Å². The molecular weight excluding hydrogens is 242 g/mol. The predicted octanol–water partition coefficient (Wildman–Crippen LogP) is 2.73. The van der Waals surface area contributed by atoms with Crippen molar-refractivity contribution in [3.05, 3.63) is 11.7 Å². The van der Waals surface area contributed by atoms with E-state index in [1.54, 1.807) is 0 Å². The molecule has 0 aliphatic heterocycles. The van der Waals surface area contributed by atoms with Gasteiger partial charge in [0.2, 0.25) is 11.7 Å². The highest BCUT2D eigenvalue weighted by Gasteiger charge is 2.20. The van der Waals surface area contributed by atoms with Gasteiger partial charge in [-0.2, -0.15) is 4.98 Å². The molecule has 0 aromatic carbocycles. The fraction of sp³-hybridized carbons (Fsp3) is 0.857. The summed E-state index contributed by atoms with van der Waals surface area (Å²) in [6.07, 6.45) is 2.68. The average Bonchev–Trinajstić information content (AvgIpc) is 2.83. The molecule has 0 amide bonds. The van der Waals surface area contributed by atoms with Crippen LogP contribution in [0.15, 0.2) is 4.52 Å². The van der Waals surface area contributed by atoms with Gasteiger partial charge in [-0.05, 0) is 26.3 Å². The Kier molecular flexibility index (Phi) is 7.02. The van der Waals surface area contributed by atoms with Crippen LogP contribution < -0.4 is 5.32 Å². The first kappa shape index (κ1) is 16.1. The Morgan fingerprint density at radius 1 is 1.32 bits per heavy atom. The Labute approximate surface area is 116 Å². The molecule has 110 valence electrons. The van der Waals surface area contributed by atoms with Crippen LogP contribution in [0, 0.1) is 5.92 Å². The van der Waals surface area contributed by atoms with Crippen molar-refractivity contribution in [2.24, 2.45) is 5.92 Å². The summed E-state index contributed by atoms with van der Waals surface area (Å²) in [7, 11) is 1.96. The van der Waals surface area contributed by atoms with Gasteiger partial charge in [0.15, 0.2) is 0 Å². The topological polar surface area (TPSA) is 60.2 Å². The normalized spacial score (nSPS) is 14.8. The van der Waals surface area contributed by atoms with Gasteiger partial charge in [-0.1, -0.05) is 32.3 Å². The van der Waals surface area contributed by atoms with Crippen LogP contribution in [0.1, 0.15) is 58.4 Å². The molecule has 2 atom stereocenters. The fourth-order valence-corrected chi connectivity index (χ4v) is 2.09. The number of nitrogens with zero attached hydrogens (tertiary/aromatic N) is 2. The van der Waals surface area contributed by atoms with Gasteiger partial charge in [0.25, 0.3) is 0 Å². The van der Waals surface area contributed by atoms with E-state index in [4.69, 9.17) is 9.26 Å². The summed E-state index contributed by atoms with van der Waals surface area (Å²) < 4.78 is 11.0. The average molecular weight is 269 g/mol. The first-order valence-electron chi connectivity index (χ1n) is 7.23. The van der Waals surface area contributed by atoms with Gasteiger partial charge in [0.1, 0.15) is 6.10 Å². The smallest absolute Gasteiger partial charge is 0.228 e. The molecule has 0 saturated heterocycles. The maximum absolute atomic E-state index is 5.66. The standard InChI is InChI=1S/C14H27N3O2/c1-6-8-12(18-7-2)14-16-13(19-17-14)9-11(15-5)10(3)4/h10-12,15H,6-9H2,1-5H3. The minimum absolute atomic E-state index is 0.0421. The second kappa shape index (κ2) is 8.27. The van der Waals surface area contributed by atoms with Crippen molar-refractivity contribution in [3.63, 3.8) is 0 Å². The highest BCUT2D eigenvalue weighted by Crippen LogP contribution is 2.20. The number of likely N-dealkylation sites (N-methyl/N-ethyl adjacent to an activating group) is 1. The second-order valence-corrected chi connectivity index (χ2v) is 5.12. The lowest BCUT2D eigenvalue weighted by atomic mass is 10.0. The third kappa shape index (κ3) is 4.91. The highest BCUT2D eigenvalue weighted by atomic mass is 16.5. The summed E-state index contributed by atoms with van der Waals surface area (Å²) in [5.41, 5.74) is 0. The lowest BCUT2D eigenvalue weighted by Gasteiger charge is -2.17. The molecule has 0 bridgehead atoms. The molecule has 5 nitrogen and oxygen atoms in total. The van der Waals surface area contributed by atoms with Crippen LogP contribution in [0.4, 0.5) is 0 Å². The summed E-state index contributed by atoms with van der Waals surface area (Å²) >= 11 is 0. The maximum atomic E-state index is 5.66. The molecule has 0 aliphatic rings. The van der Waals surface area contributed by atoms with Gasteiger partial charge in [-0.3, -0.25) is 0 Å². The molecule has 1 rings (SSSR count). The van der Waals surface area contributed by atoms with E-state index in [0.717, 1.165) is 19.3 Å². The van der Waals surface area contributed by atoms with Crippen LogP contribution >= 0.6 is 0 Å². The van der Waals surface area contributed by atoms with Crippen molar-refractivity contribution in [2.45, 2.75) is 59.1 Å². The summed E-state index contributed by atoms with van der Waals surface area (Å²) in [6.45, 7) is 9.14. The van der Waals surface area contributed by atoms with Crippen LogP contribution in [0.2, 0.25) is 0 Å². The van der Waals surface area contributed by atoms with Crippen LogP contribution in [0.25, 0.3) is 0 Å². The molecule has 0 spiro atoms. The fourth-order valence-electron chi connectivity index (χ4n) is 2.09. The van der Waals surface area contributed by atoms with Crippen molar-refractivity contribution in [1.29, 1.82) is 0 Å². The molecule has 2 unspecified atom stereocenters. The van der Waals surface area contributed by atoms with Crippen molar-refractivity contribution in [1.82, 2.24) is 15.5 Å². The van der Waals surface area contributed by atoms with Gasteiger partial charge in [-0.15, -0.1) is 0 Å². The van der Waals surface area contributed by atoms with E-state index in [-0.39, 0.29) is 6.10 Å². The van der Waals surface area contributed by atoms with Crippen molar-refractivity contribution < 1.29 is 9.26 Å². The number of ether oxygens (including phenoxy) is 1. The van der Waals surface area contributed by atoms with Crippen molar-refractivity contribution in [3.8, 4) is 0 Å². The molecule has 0 saturated carbocycles. The van der Waals surface area contributed by atoms with Gasteiger partial charge in [0, 0.05) is 19.1 Å². The molecule has 1 aromatic heterocycles. The van der Waals surface area contributed by atoms with Gasteiger partial charge >= 0.3 is 0 Å². The second-order valence-electron chi connectivity index (χ2n) is 5.12. The number of aromatic nitrogens is 2. The number of hydrogen-bond acceptors (Lipinski definition) is 5. The van der Waals surface area contributed by atoms with Gasteiger partial charge < -0.3 is 14.6 Å². The number of rotatable bonds is 9. The van der Waals surface area contributed by atoms with E-state index in [1.807, 2.05) is 14.0 Å². The third-order valence-corrected chi connectivity index (χ3v) is 3.26. The zero-order valence-corrected chi connectivity index (χ0v) is 12.8. The van der Waals surface area contributed by atoms with E-state index < -0.39 is 0 Å². The third-order valence-electron chi connectivity index (χ3n) is 3.26. The molecule has 5 heteroatoms. The number of nitrogens with one attached hydrogen (secondary N) is 1. The highest BCUT2D eigenvalue weighted by molar-refractivity contribution is 4.94. The number of hydrogen-bond donors (Lipinski definition) is 1. The lowest BCUT2D eigenvalue weighted by Crippen LogP contribution is -2.32. The summed E-state index contributed by atoms with van der Waals surface area (Å²) in [5.74, 6) is 1.89. The molecular formula is C14H27N3O2. The minimum Gasteiger partial charge on any atom is -0.370 e. The van der Waals surface area contributed by atoms with Gasteiger partial charge in [0.05, 0.1) is 0 Å². The summed E-state index contributed by atoms with van der Waals surface area (Å²) in [6, 6.07) is 0.352. The van der Waals surface area contributed by atoms with Crippen molar-refractivity contribution >= 4 is 0 Å². The van der Waals surface area contributed by atoms with Crippen LogP contribution in [-0.4, -0.2) is 29.8 Å². The Morgan fingerprint density at radius 2 is 2.05 bits per heavy atom. The lowest BCUT2D eigenvalue weighted by molar-refractivity contribution is 0.0477. The molecule has 1 aromatic rings. The van der Waals surface area contributed by atoms with Crippen LogP contribution in [0.3, 0.4) is 0 Å². The van der Waals surface area contributed by atoms with E-state index in [0.29, 0.717) is 30.3 Å². The zero-order chi connectivity index (χ0) is 14.3. The molecule has 1 heterocycles. The molecule has 0 aliphatic carbocycles. The molecule has 19 heavy (non-hydrogen) atoms. The van der Waals surface area contributed by atoms with E-state index >= 15 is 0 Å². The molecule has 1 N–H and O–H groups in total. The van der Waals surface area contributed by atoms with E-state index in [9.17, 15) is 0 Å². The molecule has 0 radical (unpaired) electrons. The van der Waals surface area contributed by atoms with Crippen LogP contribution in [-0.2, 0) is 11.2 Å². The maximum Gasteiger partial charge on any atom is 0.228 e. The van der Waals surface area contributed by atoms with Gasteiger partial charge in [-0.25, -0.2) is 0 Å². The zero-order valence-electron chi connectivity index (χ0n) is 12.8. The van der Waals surface area contributed by atoms with E-state index in [2.05, 4.69) is 36.2 Å². The Bertz CT molecular complexity index is 346. The predicted molar refractivity (Wildman–Crippen MR) is 75.0 cm³/mol. The first-order valence-corrected chi connectivity index (χ1v) is 7.23. The Balaban J connectivity index is 2.69. The SMILES string of the molecule is CCCC(OCC)c1noc(CC(NC)C(C)C)n1. The summed E-state index contributed by atoms with van der Waals surface area (Å²) in [4.78, 5) is 4.48. The van der Waals surface area contributed by atoms with Crippen LogP contribution in [0.5, 0.6) is 0 Å². The first-order chi connectivity index (χ1) is 9.12. The minimum atomic E-state index is -0.0421. The van der Waals surface area contributed by atoms with E-state index in [1.165, 1.54) is 0 Å². The quantitative estimate of drug-likeness (QED) is 0.747. The Morgan fingerprint density at radius 3 is 2.58 bits per heavy atom. The molecule has 0 fully saturated rings. The monoisotopic (exact) mass is 269 g/mol. The largest absolute Gasteiger partial charge is 0.370 e. The summed E-state index contributed by atoms with van der Waals surface area (Å²) in [5, 5.41) is 7.34. The Hall–Kier alpha value is -0.940.